The highest BCUT2D eigenvalue weighted by Crippen LogP contribution is 2.77. The van der Waals surface area contributed by atoms with Gasteiger partial charge in [-0.25, -0.2) is 0 Å². The summed E-state index contributed by atoms with van der Waals surface area (Å²) in [6.45, 7) is 19.4. The van der Waals surface area contributed by atoms with Crippen molar-refractivity contribution in [3.05, 3.63) is 12.2 Å². The molecule has 5 rings (SSSR count). The van der Waals surface area contributed by atoms with Crippen LogP contribution >= 0.6 is 0 Å². The Morgan fingerprint density at radius 1 is 0.886 bits per heavy atom. The van der Waals surface area contributed by atoms with Crippen LogP contribution in [0.15, 0.2) is 12.2 Å². The first-order valence-corrected chi connectivity index (χ1v) is 18.1. The zero-order valence-electron chi connectivity index (χ0n) is 28.3. The van der Waals surface area contributed by atoms with Gasteiger partial charge in [-0.15, -0.1) is 3.42 Å². The minimum absolute atomic E-state index is 0.00740. The molecule has 2 unspecified atom stereocenters. The average molecular weight is 728 g/mol. The van der Waals surface area contributed by atoms with Crippen molar-refractivity contribution in [2.24, 2.45) is 56.5 Å². The second-order valence-electron chi connectivity index (χ2n) is 17.1. The molecule has 0 aliphatic heterocycles. The van der Waals surface area contributed by atoms with Crippen molar-refractivity contribution in [3.8, 4) is 0 Å². The highest BCUT2D eigenvalue weighted by molar-refractivity contribution is 5.78. The lowest BCUT2D eigenvalue weighted by Crippen LogP contribution is -3.46. The van der Waals surface area contributed by atoms with Crippen LogP contribution in [0.2, 0.25) is 0 Å². The lowest BCUT2D eigenvalue weighted by Gasteiger charge is -2.79. The molecule has 0 aromatic heterocycles. The molecule has 5 saturated carbocycles. The summed E-state index contributed by atoms with van der Waals surface area (Å²) < 4.78 is 11.9. The maximum atomic E-state index is 14.1. The van der Waals surface area contributed by atoms with E-state index in [2.05, 4.69) is 70.7 Å². The van der Waals surface area contributed by atoms with Gasteiger partial charge in [-0.05, 0) is 110 Å². The van der Waals surface area contributed by atoms with E-state index in [9.17, 15) is 19.8 Å². The number of hydrogen-bond donors (Lipinski definition) is 3. The maximum Gasteiger partial charge on any atom is 0.312 e. The number of rotatable bonds is 7. The number of ether oxygens (including phenoxy) is 2. The quantitative estimate of drug-likeness (QED) is 0.160. The van der Waals surface area contributed by atoms with Crippen molar-refractivity contribution in [1.82, 2.24) is 0 Å². The van der Waals surface area contributed by atoms with Gasteiger partial charge in [-0.2, -0.15) is 0 Å². The first-order chi connectivity index (χ1) is 20.3. The summed E-state index contributed by atoms with van der Waals surface area (Å²) in [5, 5.41) is 19.5. The van der Waals surface area contributed by atoms with Crippen LogP contribution in [0.5, 0.6) is 0 Å². The molecule has 44 heavy (non-hydrogen) atoms. The Kier molecular flexibility index (Phi) is 8.80. The molecule has 5 aliphatic carbocycles. The number of fused-ring (bicyclic) bond motifs is 7. The van der Waals surface area contributed by atoms with Crippen molar-refractivity contribution in [2.45, 2.75) is 128 Å². The Hall–Kier alpha value is -0.710. The van der Waals surface area contributed by atoms with Gasteiger partial charge in [-0.1, -0.05) is 53.2 Å². The van der Waals surface area contributed by atoms with Crippen molar-refractivity contribution < 1.29 is 51.9 Å². The van der Waals surface area contributed by atoms with Gasteiger partial charge in [0.05, 0.1) is 24.2 Å². The van der Waals surface area contributed by atoms with E-state index in [4.69, 9.17) is 15.2 Å². The Bertz CT molecular complexity index is 1190. The predicted octanol–water partition coefficient (Wildman–Crippen LogP) is 2.48. The molecule has 0 bridgehead atoms. The van der Waals surface area contributed by atoms with E-state index >= 15 is 0 Å². The van der Waals surface area contributed by atoms with Crippen LogP contribution in [0.25, 0.3) is 0 Å². The molecule has 10 atom stereocenters. The molecule has 1 radical (unpaired) electrons. The Morgan fingerprint density at radius 2 is 1.52 bits per heavy atom. The average Bonchev–Trinajstić information content (AvgIpc) is 3.37. The lowest BCUT2D eigenvalue weighted by atomic mass is 9.32. The van der Waals surface area contributed by atoms with E-state index in [0.29, 0.717) is 11.8 Å². The minimum atomic E-state index is -1.34. The molecule has 0 heterocycles. The first kappa shape index (κ1) is 34.6. The summed E-state index contributed by atoms with van der Waals surface area (Å²) in [6.07, 6.45) is 9.84. The molecular formula is C36H58INO6-. The summed E-state index contributed by atoms with van der Waals surface area (Å²) in [6, 6.07) is 0. The van der Waals surface area contributed by atoms with Crippen LogP contribution in [-0.2, 0) is 19.1 Å². The van der Waals surface area contributed by atoms with Gasteiger partial charge in [-0.3, -0.25) is 9.59 Å². The fourth-order valence-electron chi connectivity index (χ4n) is 12.2. The number of esters is 2. The summed E-state index contributed by atoms with van der Waals surface area (Å²) >= 11 is 2.80. The SMILES string of the molecule is C=C(C)C1CC[C@]2(C(=O)OCC(N)(CO)CO)CC[C@]3(C)[C@H](CC[C@@H]4[C@@]5(C)CC[C@H](OC(C)=O)C(C)(C)C5([I-])CC[C@]43C)[C@@H]12. The minimum Gasteiger partial charge on any atom is -0.788 e. The molecule has 5 fully saturated rings. The smallest absolute Gasteiger partial charge is 0.312 e. The van der Waals surface area contributed by atoms with Crippen LogP contribution in [0.4, 0.5) is 0 Å². The molecule has 0 aromatic carbocycles. The van der Waals surface area contributed by atoms with Crippen molar-refractivity contribution in [1.29, 1.82) is 0 Å². The summed E-state index contributed by atoms with van der Waals surface area (Å²) in [5.74, 6) is 0.961. The highest BCUT2D eigenvalue weighted by atomic mass is 127. The van der Waals surface area contributed by atoms with Crippen LogP contribution in [0.1, 0.15) is 113 Å². The van der Waals surface area contributed by atoms with E-state index in [1.165, 1.54) is 6.92 Å². The van der Waals surface area contributed by atoms with E-state index in [0.717, 1.165) is 69.8 Å². The first-order valence-electron chi connectivity index (χ1n) is 17.0. The number of halogens is 1. The number of allylic oxidation sites excluding steroid dienone is 1. The van der Waals surface area contributed by atoms with Gasteiger partial charge in [0.2, 0.25) is 0 Å². The van der Waals surface area contributed by atoms with Gasteiger partial charge in [0.15, 0.2) is 0 Å². The topological polar surface area (TPSA) is 119 Å². The van der Waals surface area contributed by atoms with Gasteiger partial charge in [0.1, 0.15) is 12.7 Å². The molecule has 5 aliphatic rings. The zero-order chi connectivity index (χ0) is 32.7. The number of nitrogens with two attached hydrogens (primary N) is 1. The molecule has 8 heteroatoms. The molecule has 4 N–H and O–H groups in total. The van der Waals surface area contributed by atoms with Gasteiger partial charge < -0.3 is 48.0 Å². The standard InChI is InChI=1S/C36H58INO6/c1-22(2)24-11-14-35(29(42)43-21-34(38,19-39)20-40)17-15-31(6)25(28(24)35)9-10-26-32(31,7)16-18-36(37)30(4,5)27(44-23(3)41)12-13-33(26,36)8/h24-28,39-40H,1,9-21,38H2,2-8H3/q-1/t24?,25-,26+,27+,28-,31-,32-,33-,35+,36?/m1/s1. The Labute approximate surface area is 279 Å². The molecule has 251 valence electrons. The van der Waals surface area contributed by atoms with Crippen molar-refractivity contribution >= 4 is 11.9 Å². The monoisotopic (exact) mass is 727 g/mol. The second kappa shape index (κ2) is 11.2. The van der Waals surface area contributed by atoms with Gasteiger partial charge in [0, 0.05) is 6.92 Å². The molecule has 0 saturated heterocycles. The lowest BCUT2D eigenvalue weighted by molar-refractivity contribution is -0.564. The van der Waals surface area contributed by atoms with Crippen molar-refractivity contribution in [3.63, 3.8) is 0 Å². The third-order valence-electron chi connectivity index (χ3n) is 15.0. The molecule has 0 amide bonds. The highest BCUT2D eigenvalue weighted by Gasteiger charge is 2.73. The number of carbonyl (C=O) groups is 2. The summed E-state index contributed by atoms with van der Waals surface area (Å²) in [4.78, 5) is 26.2. The zero-order valence-corrected chi connectivity index (χ0v) is 30.4. The number of hydrogen-bond acceptors (Lipinski definition) is 7. The fraction of sp³-hybridized carbons (Fsp3) is 0.889. The summed E-state index contributed by atoms with van der Waals surface area (Å²) in [5.41, 5.74) is 5.48. The van der Waals surface area contributed by atoms with E-state index in [1.807, 2.05) is 0 Å². The van der Waals surface area contributed by atoms with Crippen LogP contribution in [0, 0.1) is 50.7 Å². The summed E-state index contributed by atoms with van der Waals surface area (Å²) in [7, 11) is 0. The second-order valence-corrected chi connectivity index (χ2v) is 18.9. The molecule has 7 nitrogen and oxygen atoms in total. The van der Waals surface area contributed by atoms with Gasteiger partial charge in [0.25, 0.3) is 0 Å². The number of alkyl halides is 1. The number of aliphatic hydroxyl groups excluding tert-OH is 2. The maximum absolute atomic E-state index is 14.1. The largest absolute Gasteiger partial charge is 0.788 e. The number of carbonyl (C=O) groups excluding carboxylic acids is 2. The Balaban J connectivity index is 1.50. The third kappa shape index (κ3) is 4.56. The van der Waals surface area contributed by atoms with Crippen LogP contribution < -0.4 is 28.3 Å². The van der Waals surface area contributed by atoms with E-state index < -0.39 is 24.2 Å². The van der Waals surface area contributed by atoms with Gasteiger partial charge >= 0.3 is 11.9 Å². The fourth-order valence-corrected chi connectivity index (χ4v) is 13.4. The van der Waals surface area contributed by atoms with Crippen molar-refractivity contribution in [2.75, 3.05) is 19.8 Å². The van der Waals surface area contributed by atoms with E-state index in [1.54, 1.807) is 0 Å². The van der Waals surface area contributed by atoms with Crippen LogP contribution in [0.3, 0.4) is 0 Å². The van der Waals surface area contributed by atoms with Crippen LogP contribution in [-0.4, -0.2) is 57.0 Å². The normalized spacial score (nSPS) is 46.1. The molecule has 0 spiro atoms. The number of aliphatic hydroxyl groups is 2. The molecular weight excluding hydrogens is 669 g/mol. The third-order valence-corrected chi connectivity index (χ3v) is 18.2. The Morgan fingerprint density at radius 3 is 2.11 bits per heavy atom. The predicted molar refractivity (Wildman–Crippen MR) is 166 cm³/mol. The molecule has 0 aromatic rings. The van der Waals surface area contributed by atoms with E-state index in [-0.39, 0.29) is 61.6 Å².